The third kappa shape index (κ3) is 5.40. The van der Waals surface area contributed by atoms with Gasteiger partial charge in [-0.15, -0.1) is 0 Å². The summed E-state index contributed by atoms with van der Waals surface area (Å²) >= 11 is 1.62. The van der Waals surface area contributed by atoms with Crippen LogP contribution in [0.2, 0.25) is 0 Å². The summed E-state index contributed by atoms with van der Waals surface area (Å²) in [6, 6.07) is 6.95. The molecule has 1 N–H and O–H groups in total. The maximum Gasteiger partial charge on any atom is 0.307 e. The van der Waals surface area contributed by atoms with E-state index in [2.05, 4.69) is 15.5 Å². The average molecular weight is 410 g/mol. The van der Waals surface area contributed by atoms with Gasteiger partial charge in [-0.05, 0) is 73.7 Å². The van der Waals surface area contributed by atoms with Crippen LogP contribution in [0.5, 0.6) is 0 Å². The number of aryl methyl sites for hydroxylation is 1. The molecule has 5 nitrogen and oxygen atoms in total. The first kappa shape index (κ1) is 21.6. The number of ether oxygens (including phenoxy) is 1. The minimum absolute atomic E-state index is 0.0603. The Labute approximate surface area is 165 Å². The van der Waals surface area contributed by atoms with Gasteiger partial charge in [0.15, 0.2) is 0 Å². The fraction of sp³-hybridized carbons (Fsp3) is 0.450. The molecule has 0 spiro atoms. The number of thiophene rings is 1. The van der Waals surface area contributed by atoms with E-state index in [4.69, 9.17) is 4.74 Å². The van der Waals surface area contributed by atoms with E-state index in [0.29, 0.717) is 0 Å². The SMILES string of the molecule is CCOC(=O)C[C@H](NS(=O)(=O)C(C)(C)C)c1cccc(-c2cscc2C)c1. The number of esters is 1. The lowest BCUT2D eigenvalue weighted by Crippen LogP contribution is -2.42. The number of carbonyl (C=O) groups is 1. The lowest BCUT2D eigenvalue weighted by atomic mass is 9.98. The molecule has 0 fully saturated rings. The van der Waals surface area contributed by atoms with Gasteiger partial charge >= 0.3 is 5.97 Å². The van der Waals surface area contributed by atoms with Gasteiger partial charge in [-0.3, -0.25) is 4.79 Å². The number of sulfonamides is 1. The summed E-state index contributed by atoms with van der Waals surface area (Å²) in [6.07, 6.45) is -0.0603. The molecule has 7 heteroatoms. The monoisotopic (exact) mass is 409 g/mol. The van der Waals surface area contributed by atoms with E-state index in [1.54, 1.807) is 39.0 Å². The van der Waals surface area contributed by atoms with Crippen LogP contribution in [-0.2, 0) is 19.6 Å². The van der Waals surface area contributed by atoms with Crippen molar-refractivity contribution in [2.24, 2.45) is 0 Å². The van der Waals surface area contributed by atoms with Gasteiger partial charge in [0.2, 0.25) is 10.0 Å². The van der Waals surface area contributed by atoms with Crippen LogP contribution < -0.4 is 4.72 Å². The molecule has 0 aliphatic heterocycles. The second kappa shape index (κ2) is 8.54. The minimum atomic E-state index is -3.64. The second-order valence-electron chi connectivity index (χ2n) is 7.39. The van der Waals surface area contributed by atoms with Crippen molar-refractivity contribution in [1.29, 1.82) is 0 Å². The molecule has 0 saturated carbocycles. The van der Waals surface area contributed by atoms with Crippen molar-refractivity contribution in [3.05, 3.63) is 46.2 Å². The van der Waals surface area contributed by atoms with Gasteiger partial charge in [0.1, 0.15) is 0 Å². The van der Waals surface area contributed by atoms with E-state index in [9.17, 15) is 13.2 Å². The highest BCUT2D eigenvalue weighted by molar-refractivity contribution is 7.90. The highest BCUT2D eigenvalue weighted by Gasteiger charge is 2.32. The molecule has 1 aromatic heterocycles. The van der Waals surface area contributed by atoms with Gasteiger partial charge in [-0.1, -0.05) is 18.2 Å². The van der Waals surface area contributed by atoms with Crippen LogP contribution in [0.15, 0.2) is 35.0 Å². The maximum atomic E-state index is 12.7. The van der Waals surface area contributed by atoms with E-state index in [1.165, 1.54) is 0 Å². The topological polar surface area (TPSA) is 72.5 Å². The molecule has 2 rings (SSSR count). The molecule has 2 aromatic rings. The van der Waals surface area contributed by atoms with Crippen molar-refractivity contribution < 1.29 is 17.9 Å². The highest BCUT2D eigenvalue weighted by Crippen LogP contribution is 2.30. The number of nitrogens with one attached hydrogen (secondary N) is 1. The second-order valence-corrected chi connectivity index (χ2v) is 10.6. The number of carbonyl (C=O) groups excluding carboxylic acids is 1. The predicted molar refractivity (Wildman–Crippen MR) is 110 cm³/mol. The molecule has 0 aliphatic rings. The summed E-state index contributed by atoms with van der Waals surface area (Å²) in [5, 5.41) is 4.13. The third-order valence-electron chi connectivity index (χ3n) is 4.24. The zero-order valence-corrected chi connectivity index (χ0v) is 18.0. The Hall–Kier alpha value is -1.70. The Morgan fingerprint density at radius 1 is 1.26 bits per heavy atom. The molecule has 27 heavy (non-hydrogen) atoms. The predicted octanol–water partition coefficient (Wildman–Crippen LogP) is 4.44. The summed E-state index contributed by atoms with van der Waals surface area (Å²) < 4.78 is 32.1. The maximum absolute atomic E-state index is 12.7. The van der Waals surface area contributed by atoms with E-state index < -0.39 is 26.8 Å². The molecular formula is C20H27NO4S2. The number of hydrogen-bond acceptors (Lipinski definition) is 5. The van der Waals surface area contributed by atoms with Gasteiger partial charge in [0, 0.05) is 0 Å². The Morgan fingerprint density at radius 3 is 2.52 bits per heavy atom. The molecule has 0 unspecified atom stereocenters. The molecule has 1 aromatic carbocycles. The third-order valence-corrected chi connectivity index (χ3v) is 7.30. The Kier molecular flexibility index (Phi) is 6.83. The van der Waals surface area contributed by atoms with Gasteiger partial charge in [-0.25, -0.2) is 13.1 Å². The van der Waals surface area contributed by atoms with Crippen molar-refractivity contribution in [2.45, 2.75) is 51.8 Å². The zero-order chi connectivity index (χ0) is 20.2. The zero-order valence-electron chi connectivity index (χ0n) is 16.4. The van der Waals surface area contributed by atoms with E-state index in [-0.39, 0.29) is 13.0 Å². The first-order chi connectivity index (χ1) is 12.5. The van der Waals surface area contributed by atoms with Gasteiger partial charge in [0.25, 0.3) is 0 Å². The summed E-state index contributed by atoms with van der Waals surface area (Å²) in [7, 11) is -3.64. The summed E-state index contributed by atoms with van der Waals surface area (Å²) in [4.78, 5) is 12.1. The largest absolute Gasteiger partial charge is 0.466 e. The number of rotatable bonds is 7. The Balaban J connectivity index is 2.41. The molecule has 0 radical (unpaired) electrons. The molecular weight excluding hydrogens is 382 g/mol. The van der Waals surface area contributed by atoms with Crippen LogP contribution in [0, 0.1) is 6.92 Å². The van der Waals surface area contributed by atoms with E-state index >= 15 is 0 Å². The Morgan fingerprint density at radius 2 is 1.96 bits per heavy atom. The molecule has 148 valence electrons. The van der Waals surface area contributed by atoms with Crippen molar-refractivity contribution in [1.82, 2.24) is 4.72 Å². The average Bonchev–Trinajstić information content (AvgIpc) is 2.99. The molecule has 1 heterocycles. The summed E-state index contributed by atoms with van der Waals surface area (Å²) in [6.45, 7) is 8.90. The molecule has 0 saturated heterocycles. The molecule has 0 amide bonds. The van der Waals surface area contributed by atoms with Gasteiger partial charge in [0.05, 0.1) is 23.8 Å². The van der Waals surface area contributed by atoms with Crippen LogP contribution in [0.1, 0.15) is 51.3 Å². The van der Waals surface area contributed by atoms with Crippen LogP contribution in [0.25, 0.3) is 11.1 Å². The minimum Gasteiger partial charge on any atom is -0.466 e. The van der Waals surface area contributed by atoms with Crippen LogP contribution in [0.4, 0.5) is 0 Å². The summed E-state index contributed by atoms with van der Waals surface area (Å²) in [5.74, 6) is -0.434. The lowest BCUT2D eigenvalue weighted by molar-refractivity contribution is -0.143. The van der Waals surface area contributed by atoms with Gasteiger partial charge in [-0.2, -0.15) is 11.3 Å². The first-order valence-corrected chi connectivity index (χ1v) is 11.3. The standard InChI is InChI=1S/C20H27NO4S2/c1-6-25-19(22)11-18(21-27(23,24)20(3,4)5)16-9-7-8-15(10-16)17-13-26-12-14(17)2/h7-10,12-13,18,21H,6,11H2,1-5H3/t18-/m0/s1. The van der Waals surface area contributed by atoms with Crippen LogP contribution in [-0.4, -0.2) is 25.7 Å². The quantitative estimate of drug-likeness (QED) is 0.687. The lowest BCUT2D eigenvalue weighted by Gasteiger charge is -2.25. The van der Waals surface area contributed by atoms with Crippen molar-refractivity contribution in [3.8, 4) is 11.1 Å². The normalized spacial score (nSPS) is 13.4. The Bertz CT molecular complexity index is 895. The first-order valence-electron chi connectivity index (χ1n) is 8.85. The summed E-state index contributed by atoms with van der Waals surface area (Å²) in [5.41, 5.74) is 4.00. The van der Waals surface area contributed by atoms with Crippen LogP contribution in [0.3, 0.4) is 0 Å². The molecule has 0 aliphatic carbocycles. The fourth-order valence-electron chi connectivity index (χ4n) is 2.56. The number of benzene rings is 1. The highest BCUT2D eigenvalue weighted by atomic mass is 32.2. The molecule has 0 bridgehead atoms. The molecule has 1 atom stereocenters. The van der Waals surface area contributed by atoms with Crippen molar-refractivity contribution in [2.75, 3.05) is 6.61 Å². The van der Waals surface area contributed by atoms with Gasteiger partial charge < -0.3 is 4.74 Å². The number of hydrogen-bond donors (Lipinski definition) is 1. The smallest absolute Gasteiger partial charge is 0.307 e. The van der Waals surface area contributed by atoms with Crippen molar-refractivity contribution in [3.63, 3.8) is 0 Å². The van der Waals surface area contributed by atoms with E-state index in [0.717, 1.165) is 22.3 Å². The van der Waals surface area contributed by atoms with Crippen molar-refractivity contribution >= 4 is 27.3 Å². The van der Waals surface area contributed by atoms with E-state index in [1.807, 2.05) is 31.2 Å². The fourth-order valence-corrected chi connectivity index (χ4v) is 4.36. The van der Waals surface area contributed by atoms with Crippen LogP contribution >= 0.6 is 11.3 Å².